The number of methoxy groups -OCH3 is 1. The molecule has 1 aliphatic rings. The lowest BCUT2D eigenvalue weighted by Crippen LogP contribution is -2.30. The van der Waals surface area contributed by atoms with Crippen LogP contribution >= 0.6 is 11.6 Å². The van der Waals surface area contributed by atoms with Gasteiger partial charge < -0.3 is 9.64 Å². The summed E-state index contributed by atoms with van der Waals surface area (Å²) in [5, 5.41) is 0. The molecule has 1 aromatic carbocycles. The molecule has 2 rings (SSSR count). The number of hydrogen-bond acceptors (Lipinski definition) is 2. The maximum absolute atomic E-state index is 12.3. The van der Waals surface area contributed by atoms with E-state index in [-0.39, 0.29) is 11.9 Å². The van der Waals surface area contributed by atoms with Gasteiger partial charge in [-0.2, -0.15) is 0 Å². The van der Waals surface area contributed by atoms with E-state index >= 15 is 0 Å². The Bertz CT molecular complexity index is 433. The second-order valence-corrected chi connectivity index (χ2v) is 5.54. The molecule has 1 heterocycles. The van der Waals surface area contributed by atoms with Crippen molar-refractivity contribution in [2.75, 3.05) is 19.5 Å². The number of likely N-dealkylation sites (tertiary alicyclic amines) is 1. The third-order valence-corrected chi connectivity index (χ3v) is 4.12. The molecule has 0 aromatic heterocycles. The summed E-state index contributed by atoms with van der Waals surface area (Å²) in [5.41, 5.74) is 1.20. The minimum atomic E-state index is 0.226. The fourth-order valence-electron chi connectivity index (χ4n) is 2.75. The monoisotopic (exact) mass is 295 g/mol. The van der Waals surface area contributed by atoms with Gasteiger partial charge in [-0.1, -0.05) is 12.1 Å². The van der Waals surface area contributed by atoms with Crippen LogP contribution in [-0.2, 0) is 4.79 Å². The van der Waals surface area contributed by atoms with Crippen LogP contribution in [0.4, 0.5) is 0 Å². The van der Waals surface area contributed by atoms with E-state index in [1.54, 1.807) is 7.11 Å². The molecule has 110 valence electrons. The highest BCUT2D eigenvalue weighted by molar-refractivity contribution is 6.17. The predicted octanol–water partition coefficient (Wildman–Crippen LogP) is 3.77. The minimum absolute atomic E-state index is 0.226. The smallest absolute Gasteiger partial charge is 0.223 e. The van der Waals surface area contributed by atoms with Crippen LogP contribution in [0.5, 0.6) is 5.75 Å². The Balaban J connectivity index is 2.00. The van der Waals surface area contributed by atoms with E-state index in [4.69, 9.17) is 16.3 Å². The lowest BCUT2D eigenvalue weighted by atomic mass is 10.0. The summed E-state index contributed by atoms with van der Waals surface area (Å²) in [6.45, 7) is 0.871. The standard InChI is InChI=1S/C16H22ClNO2/c1-20-14-9-7-13(8-10-14)15-5-4-12-18(15)16(19)6-2-3-11-17/h7-10,15H,2-6,11-12H2,1H3. The molecule has 1 saturated heterocycles. The van der Waals surface area contributed by atoms with Gasteiger partial charge in [0.1, 0.15) is 5.75 Å². The number of carbonyl (C=O) groups excluding carboxylic acids is 1. The summed E-state index contributed by atoms with van der Waals surface area (Å²) in [6.07, 6.45) is 4.54. The average Bonchev–Trinajstić information content (AvgIpc) is 2.97. The van der Waals surface area contributed by atoms with Crippen LogP contribution in [0.3, 0.4) is 0 Å². The van der Waals surface area contributed by atoms with Crippen molar-refractivity contribution >= 4 is 17.5 Å². The van der Waals surface area contributed by atoms with Crippen LogP contribution in [0, 0.1) is 0 Å². The molecule has 0 radical (unpaired) electrons. The van der Waals surface area contributed by atoms with E-state index < -0.39 is 0 Å². The van der Waals surface area contributed by atoms with Gasteiger partial charge in [0.2, 0.25) is 5.91 Å². The van der Waals surface area contributed by atoms with Gasteiger partial charge >= 0.3 is 0 Å². The Morgan fingerprint density at radius 1 is 1.35 bits per heavy atom. The average molecular weight is 296 g/mol. The van der Waals surface area contributed by atoms with Gasteiger partial charge in [0, 0.05) is 18.8 Å². The first-order valence-electron chi connectivity index (χ1n) is 7.25. The van der Waals surface area contributed by atoms with E-state index in [1.165, 1.54) is 5.56 Å². The third kappa shape index (κ3) is 3.66. The molecule has 0 bridgehead atoms. The molecular formula is C16H22ClNO2. The van der Waals surface area contributed by atoms with E-state index in [2.05, 4.69) is 12.1 Å². The lowest BCUT2D eigenvalue weighted by Gasteiger charge is -2.25. The van der Waals surface area contributed by atoms with E-state index in [0.29, 0.717) is 12.3 Å². The Kier molecular flexibility index (Phi) is 5.72. The second-order valence-electron chi connectivity index (χ2n) is 5.16. The fourth-order valence-corrected chi connectivity index (χ4v) is 2.94. The highest BCUT2D eigenvalue weighted by Gasteiger charge is 2.29. The number of rotatable bonds is 6. The molecule has 1 unspecified atom stereocenters. The summed E-state index contributed by atoms with van der Waals surface area (Å²) >= 11 is 5.66. The van der Waals surface area contributed by atoms with Crippen molar-refractivity contribution in [2.45, 2.75) is 38.1 Å². The number of hydrogen-bond donors (Lipinski definition) is 0. The molecule has 1 amide bonds. The highest BCUT2D eigenvalue weighted by atomic mass is 35.5. The predicted molar refractivity (Wildman–Crippen MR) is 81.3 cm³/mol. The summed E-state index contributed by atoms with van der Waals surface area (Å²) in [5.74, 6) is 1.75. The van der Waals surface area contributed by atoms with Crippen molar-refractivity contribution in [2.24, 2.45) is 0 Å². The zero-order valence-corrected chi connectivity index (χ0v) is 12.7. The molecular weight excluding hydrogens is 274 g/mol. The number of benzene rings is 1. The van der Waals surface area contributed by atoms with Crippen LogP contribution in [0.2, 0.25) is 0 Å². The van der Waals surface area contributed by atoms with Crippen LogP contribution < -0.4 is 4.74 Å². The van der Waals surface area contributed by atoms with Crippen LogP contribution in [-0.4, -0.2) is 30.3 Å². The first-order valence-corrected chi connectivity index (χ1v) is 7.79. The molecule has 3 nitrogen and oxygen atoms in total. The SMILES string of the molecule is COc1ccc(C2CCCN2C(=O)CCCCCl)cc1. The molecule has 0 aliphatic carbocycles. The van der Waals surface area contributed by atoms with E-state index in [9.17, 15) is 4.79 Å². The lowest BCUT2D eigenvalue weighted by molar-refractivity contribution is -0.132. The molecule has 20 heavy (non-hydrogen) atoms. The molecule has 4 heteroatoms. The second kappa shape index (κ2) is 7.53. The molecule has 0 saturated carbocycles. The molecule has 1 aliphatic heterocycles. The third-order valence-electron chi connectivity index (χ3n) is 3.85. The van der Waals surface area contributed by atoms with E-state index in [0.717, 1.165) is 38.0 Å². The minimum Gasteiger partial charge on any atom is -0.497 e. The number of unbranched alkanes of at least 4 members (excludes halogenated alkanes) is 1. The Hall–Kier alpha value is -1.22. The first-order chi connectivity index (χ1) is 9.76. The Morgan fingerprint density at radius 2 is 2.10 bits per heavy atom. The first kappa shape index (κ1) is 15.2. The van der Waals surface area contributed by atoms with Gasteiger partial charge in [-0.3, -0.25) is 4.79 Å². The number of ether oxygens (including phenoxy) is 1. The maximum atomic E-state index is 12.3. The molecule has 1 atom stereocenters. The van der Waals surface area contributed by atoms with Gasteiger partial charge in [-0.25, -0.2) is 0 Å². The van der Waals surface area contributed by atoms with Crippen LogP contribution in [0.1, 0.15) is 43.7 Å². The van der Waals surface area contributed by atoms with Crippen molar-refractivity contribution in [3.8, 4) is 5.75 Å². The summed E-state index contributed by atoms with van der Waals surface area (Å²) in [6, 6.07) is 8.28. The summed E-state index contributed by atoms with van der Waals surface area (Å²) in [7, 11) is 1.66. The van der Waals surface area contributed by atoms with Gasteiger partial charge in [0.25, 0.3) is 0 Å². The number of halogens is 1. The normalized spacial score (nSPS) is 18.3. The number of alkyl halides is 1. The van der Waals surface area contributed by atoms with Gasteiger partial charge in [-0.05, 0) is 43.4 Å². The molecule has 1 aromatic rings. The van der Waals surface area contributed by atoms with E-state index in [1.807, 2.05) is 17.0 Å². The van der Waals surface area contributed by atoms with Gasteiger partial charge in [0.15, 0.2) is 0 Å². The number of amides is 1. The van der Waals surface area contributed by atoms with Crippen molar-refractivity contribution < 1.29 is 9.53 Å². The topological polar surface area (TPSA) is 29.5 Å². The quantitative estimate of drug-likeness (QED) is 0.590. The Labute approximate surface area is 125 Å². The summed E-state index contributed by atoms with van der Waals surface area (Å²) < 4.78 is 5.18. The molecule has 0 spiro atoms. The molecule has 0 N–H and O–H groups in total. The van der Waals surface area contributed by atoms with Gasteiger partial charge in [0.05, 0.1) is 13.2 Å². The van der Waals surface area contributed by atoms with Crippen LogP contribution in [0.15, 0.2) is 24.3 Å². The largest absolute Gasteiger partial charge is 0.497 e. The van der Waals surface area contributed by atoms with Gasteiger partial charge in [-0.15, -0.1) is 11.6 Å². The fraction of sp³-hybridized carbons (Fsp3) is 0.562. The van der Waals surface area contributed by atoms with Crippen molar-refractivity contribution in [3.05, 3.63) is 29.8 Å². The Morgan fingerprint density at radius 3 is 2.75 bits per heavy atom. The number of nitrogens with zero attached hydrogens (tertiary/aromatic N) is 1. The zero-order chi connectivity index (χ0) is 14.4. The summed E-state index contributed by atoms with van der Waals surface area (Å²) in [4.78, 5) is 14.3. The number of carbonyl (C=O) groups is 1. The highest BCUT2D eigenvalue weighted by Crippen LogP contribution is 2.33. The van der Waals surface area contributed by atoms with Crippen molar-refractivity contribution in [1.82, 2.24) is 4.90 Å². The van der Waals surface area contributed by atoms with Crippen LogP contribution in [0.25, 0.3) is 0 Å². The van der Waals surface area contributed by atoms with Crippen molar-refractivity contribution in [1.29, 1.82) is 0 Å². The maximum Gasteiger partial charge on any atom is 0.223 e. The molecule has 1 fully saturated rings. The van der Waals surface area contributed by atoms with Crippen molar-refractivity contribution in [3.63, 3.8) is 0 Å². The zero-order valence-electron chi connectivity index (χ0n) is 12.0.